The topological polar surface area (TPSA) is 95.3 Å². The summed E-state index contributed by atoms with van der Waals surface area (Å²) in [5.74, 6) is 0.816. The first-order valence-electron chi connectivity index (χ1n) is 11.1. The number of hydrogen-bond donors (Lipinski definition) is 1. The van der Waals surface area contributed by atoms with Gasteiger partial charge in [0.25, 0.3) is 0 Å². The lowest BCUT2D eigenvalue weighted by Crippen LogP contribution is -2.17. The van der Waals surface area contributed by atoms with Crippen LogP contribution in [0.15, 0.2) is 65.8 Å². The average Bonchev–Trinajstić information content (AvgIpc) is 3.28. The van der Waals surface area contributed by atoms with Crippen molar-refractivity contribution in [2.75, 3.05) is 18.2 Å². The minimum Gasteiger partial charge on any atom is -0.485 e. The lowest BCUT2D eigenvalue weighted by atomic mass is 10.0. The number of carbonyl (C=O) groups excluding carboxylic acids is 2. The van der Waals surface area contributed by atoms with Gasteiger partial charge in [0.05, 0.1) is 24.1 Å². The minimum absolute atomic E-state index is 0.109. The number of fused-ring (bicyclic) bond motifs is 1. The fraction of sp³-hybridized carbons (Fsp3) is 0.231. The number of benzene rings is 3. The average molecular weight is 491 g/mol. The molecule has 1 heterocycles. The number of anilines is 1. The molecule has 0 unspecified atom stereocenters. The Labute approximate surface area is 207 Å². The van der Waals surface area contributed by atoms with Gasteiger partial charge in [0, 0.05) is 6.54 Å². The number of methoxy groups -OCH3 is 1. The zero-order valence-corrected chi connectivity index (χ0v) is 20.6. The number of aryl methyl sites for hydroxylation is 1. The normalized spacial score (nSPS) is 10.8. The lowest BCUT2D eigenvalue weighted by molar-refractivity contribution is -0.113. The largest absolute Gasteiger partial charge is 0.485 e. The van der Waals surface area contributed by atoms with E-state index in [1.54, 1.807) is 24.3 Å². The van der Waals surface area contributed by atoms with Gasteiger partial charge >= 0.3 is 5.97 Å². The monoisotopic (exact) mass is 490 g/mol. The summed E-state index contributed by atoms with van der Waals surface area (Å²) in [4.78, 5) is 24.5. The van der Waals surface area contributed by atoms with Crippen LogP contribution in [0.5, 0.6) is 5.75 Å². The van der Waals surface area contributed by atoms with E-state index in [0.717, 1.165) is 16.7 Å². The van der Waals surface area contributed by atoms with Crippen molar-refractivity contribution in [3.63, 3.8) is 0 Å². The van der Waals surface area contributed by atoms with Crippen molar-refractivity contribution >= 4 is 40.1 Å². The summed E-state index contributed by atoms with van der Waals surface area (Å²) < 4.78 is 12.8. The van der Waals surface area contributed by atoms with Crippen molar-refractivity contribution < 1.29 is 19.1 Å². The lowest BCUT2D eigenvalue weighted by Gasteiger charge is -2.12. The molecule has 0 saturated heterocycles. The minimum atomic E-state index is -0.509. The molecule has 0 aliphatic carbocycles. The smallest absolute Gasteiger partial charge is 0.339 e. The van der Waals surface area contributed by atoms with Crippen LogP contribution >= 0.6 is 11.8 Å². The Kier molecular flexibility index (Phi) is 7.67. The van der Waals surface area contributed by atoms with E-state index in [0.29, 0.717) is 28.8 Å². The number of ether oxygens (including phenoxy) is 2. The predicted molar refractivity (Wildman–Crippen MR) is 136 cm³/mol. The van der Waals surface area contributed by atoms with Gasteiger partial charge in [-0.15, -0.1) is 10.2 Å². The summed E-state index contributed by atoms with van der Waals surface area (Å²) >= 11 is 1.27. The van der Waals surface area contributed by atoms with Gasteiger partial charge < -0.3 is 19.4 Å². The Morgan fingerprint density at radius 1 is 1.03 bits per heavy atom. The van der Waals surface area contributed by atoms with Crippen molar-refractivity contribution in [3.05, 3.63) is 77.6 Å². The van der Waals surface area contributed by atoms with Crippen molar-refractivity contribution in [1.82, 2.24) is 14.8 Å². The number of para-hydroxylation sites is 1. The number of hydrogen-bond acceptors (Lipinski definition) is 7. The van der Waals surface area contributed by atoms with Crippen LogP contribution in [-0.4, -0.2) is 39.5 Å². The first kappa shape index (κ1) is 24.3. The van der Waals surface area contributed by atoms with E-state index < -0.39 is 5.97 Å². The number of nitrogens with zero attached hydrogens (tertiary/aromatic N) is 3. The Morgan fingerprint density at radius 2 is 1.80 bits per heavy atom. The molecule has 1 amide bonds. The summed E-state index contributed by atoms with van der Waals surface area (Å²) in [5, 5.41) is 14.2. The molecule has 180 valence electrons. The molecule has 0 fully saturated rings. The van der Waals surface area contributed by atoms with Crippen molar-refractivity contribution in [2.45, 2.75) is 32.2 Å². The van der Waals surface area contributed by atoms with E-state index in [-0.39, 0.29) is 18.3 Å². The van der Waals surface area contributed by atoms with Gasteiger partial charge in [0.2, 0.25) is 5.91 Å². The van der Waals surface area contributed by atoms with Gasteiger partial charge in [-0.2, -0.15) is 0 Å². The van der Waals surface area contributed by atoms with Crippen molar-refractivity contribution in [1.29, 1.82) is 0 Å². The van der Waals surface area contributed by atoms with E-state index in [9.17, 15) is 9.59 Å². The molecule has 0 atom stereocenters. The molecular weight excluding hydrogens is 464 g/mol. The number of rotatable bonds is 9. The first-order valence-corrected chi connectivity index (χ1v) is 12.1. The maximum absolute atomic E-state index is 12.5. The van der Waals surface area contributed by atoms with Crippen LogP contribution in [0.3, 0.4) is 0 Å². The summed E-state index contributed by atoms with van der Waals surface area (Å²) in [6.07, 6.45) is 0. The third-order valence-corrected chi connectivity index (χ3v) is 6.52. The van der Waals surface area contributed by atoms with Gasteiger partial charge in [0.1, 0.15) is 12.4 Å². The third kappa shape index (κ3) is 5.46. The molecule has 4 aromatic rings. The first-order chi connectivity index (χ1) is 17.0. The van der Waals surface area contributed by atoms with E-state index in [2.05, 4.69) is 27.6 Å². The highest BCUT2D eigenvalue weighted by molar-refractivity contribution is 7.99. The maximum atomic E-state index is 12.5. The SMILES string of the molecule is CCn1c(COc2ccc3ccccc3c2C)nnc1SCC(=O)Nc1ccccc1C(=O)OC. The molecule has 1 aromatic heterocycles. The van der Waals surface area contributed by atoms with Crippen LogP contribution in [0.1, 0.15) is 28.7 Å². The highest BCUT2D eigenvalue weighted by atomic mass is 32.2. The van der Waals surface area contributed by atoms with Gasteiger partial charge in [-0.1, -0.05) is 54.2 Å². The molecule has 0 aliphatic rings. The standard InChI is InChI=1S/C26H26N4O4S/c1-4-30-23(15-34-22-14-13-18-9-5-6-10-19(18)17(22)2)28-29-26(30)35-16-24(31)27-21-12-8-7-11-20(21)25(32)33-3/h5-14H,4,15-16H2,1-3H3,(H,27,31). The molecule has 1 N–H and O–H groups in total. The van der Waals surface area contributed by atoms with E-state index >= 15 is 0 Å². The van der Waals surface area contributed by atoms with Crippen LogP contribution < -0.4 is 10.1 Å². The highest BCUT2D eigenvalue weighted by Gasteiger charge is 2.17. The molecule has 0 spiro atoms. The van der Waals surface area contributed by atoms with E-state index in [4.69, 9.17) is 9.47 Å². The molecular formula is C26H26N4O4S. The second kappa shape index (κ2) is 11.1. The van der Waals surface area contributed by atoms with E-state index in [1.165, 1.54) is 24.3 Å². The Balaban J connectivity index is 1.40. The second-order valence-electron chi connectivity index (χ2n) is 7.72. The molecule has 8 nitrogen and oxygen atoms in total. The zero-order valence-electron chi connectivity index (χ0n) is 19.8. The van der Waals surface area contributed by atoms with Crippen LogP contribution in [-0.2, 0) is 22.7 Å². The van der Waals surface area contributed by atoms with Crippen LogP contribution in [0.4, 0.5) is 5.69 Å². The number of aromatic nitrogens is 3. The molecule has 9 heteroatoms. The highest BCUT2D eigenvalue weighted by Crippen LogP contribution is 2.28. The van der Waals surface area contributed by atoms with E-state index in [1.807, 2.05) is 42.7 Å². The van der Waals surface area contributed by atoms with Gasteiger partial charge in [-0.05, 0) is 48.4 Å². The number of nitrogens with one attached hydrogen (secondary N) is 1. The number of carbonyl (C=O) groups is 2. The molecule has 0 radical (unpaired) electrons. The zero-order chi connectivity index (χ0) is 24.8. The molecule has 0 saturated carbocycles. The molecule has 0 bridgehead atoms. The van der Waals surface area contributed by atoms with Gasteiger partial charge in [-0.3, -0.25) is 4.79 Å². The van der Waals surface area contributed by atoms with Gasteiger partial charge in [-0.25, -0.2) is 4.79 Å². The van der Waals surface area contributed by atoms with Crippen molar-refractivity contribution in [3.8, 4) is 5.75 Å². The molecule has 3 aromatic carbocycles. The number of thioether (sulfide) groups is 1. The second-order valence-corrected chi connectivity index (χ2v) is 8.66. The molecule has 0 aliphatic heterocycles. The molecule has 35 heavy (non-hydrogen) atoms. The quantitative estimate of drug-likeness (QED) is 0.265. The molecule has 4 rings (SSSR count). The third-order valence-electron chi connectivity index (χ3n) is 5.55. The maximum Gasteiger partial charge on any atom is 0.339 e. The van der Waals surface area contributed by atoms with Crippen LogP contribution in [0.25, 0.3) is 10.8 Å². The summed E-state index contributed by atoms with van der Waals surface area (Å²) in [5.41, 5.74) is 1.78. The fourth-order valence-corrected chi connectivity index (χ4v) is 4.57. The Morgan fingerprint density at radius 3 is 2.60 bits per heavy atom. The Bertz CT molecular complexity index is 1370. The van der Waals surface area contributed by atoms with Crippen LogP contribution in [0.2, 0.25) is 0 Å². The van der Waals surface area contributed by atoms with Crippen LogP contribution in [0, 0.1) is 6.92 Å². The summed E-state index contributed by atoms with van der Waals surface area (Å²) in [6.45, 7) is 4.93. The number of esters is 1. The van der Waals surface area contributed by atoms with Crippen molar-refractivity contribution in [2.24, 2.45) is 0 Å². The summed E-state index contributed by atoms with van der Waals surface area (Å²) in [6, 6.07) is 18.9. The number of amides is 1. The van der Waals surface area contributed by atoms with Gasteiger partial charge in [0.15, 0.2) is 11.0 Å². The Hall–Kier alpha value is -3.85. The summed E-state index contributed by atoms with van der Waals surface area (Å²) in [7, 11) is 1.30. The fourth-order valence-electron chi connectivity index (χ4n) is 3.75. The predicted octanol–water partition coefficient (Wildman–Crippen LogP) is 4.86.